The largest absolute Gasteiger partial charge is 0.481 e. The van der Waals surface area contributed by atoms with E-state index in [1.807, 2.05) is 6.92 Å². The van der Waals surface area contributed by atoms with E-state index in [-0.39, 0.29) is 12.5 Å². The van der Waals surface area contributed by atoms with Crippen LogP contribution in [-0.4, -0.2) is 41.7 Å². The smallest absolute Gasteiger partial charge is 0.304 e. The van der Waals surface area contributed by atoms with Gasteiger partial charge >= 0.3 is 5.97 Å². The van der Waals surface area contributed by atoms with Gasteiger partial charge in [0.1, 0.15) is 0 Å². The van der Waals surface area contributed by atoms with Crippen LogP contribution in [0.2, 0.25) is 0 Å². The van der Waals surface area contributed by atoms with E-state index in [2.05, 4.69) is 4.90 Å². The summed E-state index contributed by atoms with van der Waals surface area (Å²) in [6.45, 7) is 4.68. The lowest BCUT2D eigenvalue weighted by atomic mass is 9.96. The summed E-state index contributed by atoms with van der Waals surface area (Å²) in [5.74, 6) is -0.160. The Morgan fingerprint density at radius 1 is 1.71 bits per heavy atom. The van der Waals surface area contributed by atoms with Crippen molar-refractivity contribution in [1.29, 1.82) is 0 Å². The van der Waals surface area contributed by atoms with Crippen molar-refractivity contribution in [1.82, 2.24) is 4.90 Å². The van der Waals surface area contributed by atoms with Gasteiger partial charge in [0, 0.05) is 12.6 Å². The molecule has 2 atom stereocenters. The predicted molar refractivity (Wildman–Crippen MR) is 55.1 cm³/mol. The summed E-state index contributed by atoms with van der Waals surface area (Å²) in [5, 5.41) is 8.69. The Balaban J connectivity index is 2.38. The number of hydrogen-bond acceptors (Lipinski definition) is 3. The maximum absolute atomic E-state index is 10.6. The first-order valence-electron chi connectivity index (χ1n) is 5.29. The van der Waals surface area contributed by atoms with Crippen LogP contribution in [0.1, 0.15) is 26.2 Å². The van der Waals surface area contributed by atoms with E-state index < -0.39 is 5.97 Å². The molecule has 0 saturated carbocycles. The van der Waals surface area contributed by atoms with Crippen LogP contribution in [0.3, 0.4) is 0 Å². The van der Waals surface area contributed by atoms with Gasteiger partial charge in [-0.15, -0.1) is 0 Å². The number of likely N-dealkylation sites (tertiary alicyclic amines) is 1. The van der Waals surface area contributed by atoms with Crippen molar-refractivity contribution in [2.24, 2.45) is 11.7 Å². The van der Waals surface area contributed by atoms with E-state index in [1.165, 1.54) is 6.42 Å². The van der Waals surface area contributed by atoms with Crippen molar-refractivity contribution in [3.05, 3.63) is 0 Å². The third-order valence-electron chi connectivity index (χ3n) is 2.98. The van der Waals surface area contributed by atoms with E-state index in [0.717, 1.165) is 26.1 Å². The van der Waals surface area contributed by atoms with Crippen molar-refractivity contribution < 1.29 is 9.90 Å². The van der Waals surface area contributed by atoms with Gasteiger partial charge in [-0.1, -0.05) is 0 Å². The summed E-state index contributed by atoms with van der Waals surface area (Å²) in [6.07, 6.45) is 2.57. The fraction of sp³-hybridized carbons (Fsp3) is 0.900. The molecule has 0 aromatic heterocycles. The third-order valence-corrected chi connectivity index (χ3v) is 2.98. The first kappa shape index (κ1) is 11.5. The number of carboxylic acid groups (broad SMARTS) is 1. The number of rotatable bonds is 4. The highest BCUT2D eigenvalue weighted by Crippen LogP contribution is 2.18. The average Bonchev–Trinajstić information content (AvgIpc) is 2.17. The zero-order valence-electron chi connectivity index (χ0n) is 8.78. The molecule has 0 spiro atoms. The number of piperidine rings is 1. The van der Waals surface area contributed by atoms with Gasteiger partial charge in [-0.3, -0.25) is 9.69 Å². The molecule has 14 heavy (non-hydrogen) atoms. The molecule has 3 N–H and O–H groups in total. The molecule has 0 aromatic carbocycles. The van der Waals surface area contributed by atoms with E-state index in [9.17, 15) is 4.79 Å². The molecule has 4 nitrogen and oxygen atoms in total. The zero-order valence-corrected chi connectivity index (χ0v) is 8.78. The van der Waals surface area contributed by atoms with Crippen molar-refractivity contribution in [3.63, 3.8) is 0 Å². The predicted octanol–water partition coefficient (Wildman–Crippen LogP) is 0.520. The van der Waals surface area contributed by atoms with Crippen LogP contribution in [-0.2, 0) is 4.79 Å². The van der Waals surface area contributed by atoms with Crippen LogP contribution >= 0.6 is 0 Å². The van der Waals surface area contributed by atoms with Crippen LogP contribution in [0, 0.1) is 5.92 Å². The molecule has 2 unspecified atom stereocenters. The monoisotopic (exact) mass is 200 g/mol. The summed E-state index contributed by atoms with van der Waals surface area (Å²) in [4.78, 5) is 12.8. The third kappa shape index (κ3) is 3.27. The first-order chi connectivity index (χ1) is 6.63. The fourth-order valence-corrected chi connectivity index (χ4v) is 2.07. The van der Waals surface area contributed by atoms with E-state index in [4.69, 9.17) is 10.8 Å². The van der Waals surface area contributed by atoms with Crippen molar-refractivity contribution in [3.8, 4) is 0 Å². The molecule has 4 heteroatoms. The molecule has 82 valence electrons. The van der Waals surface area contributed by atoms with Gasteiger partial charge in [0.2, 0.25) is 0 Å². The topological polar surface area (TPSA) is 66.6 Å². The Kier molecular flexibility index (Phi) is 4.35. The minimum Gasteiger partial charge on any atom is -0.481 e. The number of aliphatic carboxylic acids is 1. The Labute approximate surface area is 85.1 Å². The highest BCUT2D eigenvalue weighted by molar-refractivity contribution is 5.67. The summed E-state index contributed by atoms with van der Waals surface area (Å²) in [6, 6.07) is 0.141. The maximum Gasteiger partial charge on any atom is 0.304 e. The van der Waals surface area contributed by atoms with Gasteiger partial charge in [0.05, 0.1) is 6.42 Å². The Bertz CT molecular complexity index is 197. The molecule has 1 aliphatic rings. The van der Waals surface area contributed by atoms with Gasteiger partial charge in [0.15, 0.2) is 0 Å². The number of carbonyl (C=O) groups is 1. The first-order valence-corrected chi connectivity index (χ1v) is 5.29. The summed E-state index contributed by atoms with van der Waals surface area (Å²) < 4.78 is 0. The standard InChI is InChI=1S/C10H20N2O2/c1-8(5-10(13)14)12-4-2-3-9(6-11)7-12/h8-9H,2-7,11H2,1H3,(H,13,14). The second-order valence-electron chi connectivity index (χ2n) is 4.19. The highest BCUT2D eigenvalue weighted by Gasteiger charge is 2.23. The highest BCUT2D eigenvalue weighted by atomic mass is 16.4. The average molecular weight is 200 g/mol. The quantitative estimate of drug-likeness (QED) is 0.694. The van der Waals surface area contributed by atoms with Crippen LogP contribution in [0.5, 0.6) is 0 Å². The molecule has 0 amide bonds. The van der Waals surface area contributed by atoms with E-state index >= 15 is 0 Å². The molecular formula is C10H20N2O2. The lowest BCUT2D eigenvalue weighted by Crippen LogP contribution is -2.44. The molecular weight excluding hydrogens is 180 g/mol. The van der Waals surface area contributed by atoms with Crippen LogP contribution in [0.4, 0.5) is 0 Å². The lowest BCUT2D eigenvalue weighted by Gasteiger charge is -2.35. The van der Waals surface area contributed by atoms with Gasteiger partial charge in [-0.05, 0) is 38.8 Å². The normalized spacial score (nSPS) is 26.0. The maximum atomic E-state index is 10.6. The van der Waals surface area contributed by atoms with Crippen molar-refractivity contribution in [2.45, 2.75) is 32.2 Å². The second-order valence-corrected chi connectivity index (χ2v) is 4.19. The van der Waals surface area contributed by atoms with Crippen LogP contribution < -0.4 is 5.73 Å². The van der Waals surface area contributed by atoms with Gasteiger partial charge in [-0.25, -0.2) is 0 Å². The number of nitrogens with two attached hydrogens (primary N) is 1. The summed E-state index contributed by atoms with van der Waals surface area (Å²) in [7, 11) is 0. The second kappa shape index (κ2) is 5.32. The van der Waals surface area contributed by atoms with Crippen LogP contribution in [0.15, 0.2) is 0 Å². The molecule has 1 fully saturated rings. The number of hydrogen-bond donors (Lipinski definition) is 2. The van der Waals surface area contributed by atoms with E-state index in [1.54, 1.807) is 0 Å². The minimum absolute atomic E-state index is 0.141. The Hall–Kier alpha value is -0.610. The molecule has 1 aliphatic heterocycles. The fourth-order valence-electron chi connectivity index (χ4n) is 2.07. The molecule has 0 aromatic rings. The Morgan fingerprint density at radius 2 is 2.43 bits per heavy atom. The number of carboxylic acids is 1. The number of nitrogens with zero attached hydrogens (tertiary/aromatic N) is 1. The molecule has 1 heterocycles. The zero-order chi connectivity index (χ0) is 10.6. The van der Waals surface area contributed by atoms with Gasteiger partial charge < -0.3 is 10.8 Å². The SMILES string of the molecule is CC(CC(=O)O)N1CCCC(CN)C1. The van der Waals surface area contributed by atoms with Crippen molar-refractivity contribution in [2.75, 3.05) is 19.6 Å². The molecule has 0 radical (unpaired) electrons. The lowest BCUT2D eigenvalue weighted by molar-refractivity contribution is -0.138. The van der Waals surface area contributed by atoms with Crippen molar-refractivity contribution >= 4 is 5.97 Å². The van der Waals surface area contributed by atoms with Crippen LogP contribution in [0.25, 0.3) is 0 Å². The molecule has 0 bridgehead atoms. The molecule has 1 rings (SSSR count). The minimum atomic E-state index is -0.715. The summed E-state index contributed by atoms with van der Waals surface area (Å²) >= 11 is 0. The molecule has 0 aliphatic carbocycles. The Morgan fingerprint density at radius 3 is 3.00 bits per heavy atom. The van der Waals surface area contributed by atoms with Gasteiger partial charge in [-0.2, -0.15) is 0 Å². The molecule has 1 saturated heterocycles. The van der Waals surface area contributed by atoms with Gasteiger partial charge in [0.25, 0.3) is 0 Å². The van der Waals surface area contributed by atoms with E-state index in [0.29, 0.717) is 5.92 Å². The summed E-state index contributed by atoms with van der Waals surface area (Å²) in [5.41, 5.74) is 5.62.